The lowest BCUT2D eigenvalue weighted by atomic mass is 10.2. The molecule has 1 aromatic heterocycles. The molecule has 0 saturated carbocycles. The first kappa shape index (κ1) is 18.4. The Hall–Kier alpha value is -2.38. The van der Waals surface area contributed by atoms with Crippen molar-refractivity contribution >= 4 is 39.1 Å². The van der Waals surface area contributed by atoms with E-state index in [-0.39, 0.29) is 12.3 Å². The van der Waals surface area contributed by atoms with Crippen LogP contribution in [0.5, 0.6) is 5.75 Å². The number of rotatable bonds is 6. The van der Waals surface area contributed by atoms with E-state index in [9.17, 15) is 4.79 Å². The van der Waals surface area contributed by atoms with Crippen molar-refractivity contribution in [3.63, 3.8) is 0 Å². The third-order valence-electron chi connectivity index (χ3n) is 3.57. The summed E-state index contributed by atoms with van der Waals surface area (Å²) in [6.45, 7) is 0. The summed E-state index contributed by atoms with van der Waals surface area (Å²) in [5.41, 5.74) is 1.45. The van der Waals surface area contributed by atoms with Crippen LogP contribution in [0.15, 0.2) is 51.5 Å². The van der Waals surface area contributed by atoms with Gasteiger partial charge >= 0.3 is 0 Å². The SMILES string of the molecule is COc1ccc(NC(=O)CCc2nc(-c3ccc(Br)cc3)no2)cc1Cl. The second-order valence-corrected chi connectivity index (χ2v) is 6.74. The number of hydrogen-bond acceptors (Lipinski definition) is 5. The Morgan fingerprint density at radius 3 is 2.73 bits per heavy atom. The zero-order chi connectivity index (χ0) is 18.5. The molecule has 3 aromatic rings. The molecule has 0 bridgehead atoms. The van der Waals surface area contributed by atoms with Crippen LogP contribution in [0.4, 0.5) is 5.69 Å². The molecule has 6 nitrogen and oxygen atoms in total. The molecule has 0 aliphatic carbocycles. The fourth-order valence-corrected chi connectivity index (χ4v) is 2.78. The van der Waals surface area contributed by atoms with E-state index in [1.54, 1.807) is 18.2 Å². The summed E-state index contributed by atoms with van der Waals surface area (Å²) in [7, 11) is 1.53. The van der Waals surface area contributed by atoms with E-state index in [2.05, 4.69) is 31.4 Å². The molecule has 0 aliphatic heterocycles. The highest BCUT2D eigenvalue weighted by Gasteiger charge is 2.11. The molecule has 1 heterocycles. The van der Waals surface area contributed by atoms with Crippen LogP contribution < -0.4 is 10.1 Å². The molecular formula is C18H15BrClN3O3. The maximum Gasteiger partial charge on any atom is 0.227 e. The van der Waals surface area contributed by atoms with Crippen LogP contribution in [0, 0.1) is 0 Å². The molecule has 0 fully saturated rings. The Balaban J connectivity index is 1.56. The van der Waals surface area contributed by atoms with Gasteiger partial charge in [-0.3, -0.25) is 4.79 Å². The van der Waals surface area contributed by atoms with E-state index >= 15 is 0 Å². The summed E-state index contributed by atoms with van der Waals surface area (Å²) in [5.74, 6) is 1.28. The van der Waals surface area contributed by atoms with Crippen molar-refractivity contribution in [2.75, 3.05) is 12.4 Å². The highest BCUT2D eigenvalue weighted by Crippen LogP contribution is 2.27. The number of methoxy groups -OCH3 is 1. The summed E-state index contributed by atoms with van der Waals surface area (Å²) in [5, 5.41) is 7.15. The van der Waals surface area contributed by atoms with Gasteiger partial charge in [-0.2, -0.15) is 4.98 Å². The summed E-state index contributed by atoms with van der Waals surface area (Å²) >= 11 is 9.42. The van der Waals surface area contributed by atoms with Crippen LogP contribution >= 0.6 is 27.5 Å². The van der Waals surface area contributed by atoms with Gasteiger partial charge in [-0.25, -0.2) is 0 Å². The number of carbonyl (C=O) groups excluding carboxylic acids is 1. The molecule has 0 atom stereocenters. The van der Waals surface area contributed by atoms with Gasteiger partial charge in [-0.15, -0.1) is 0 Å². The van der Waals surface area contributed by atoms with Gasteiger partial charge in [-0.1, -0.05) is 32.7 Å². The maximum absolute atomic E-state index is 12.1. The van der Waals surface area contributed by atoms with Gasteiger partial charge in [0.05, 0.1) is 12.1 Å². The zero-order valence-corrected chi connectivity index (χ0v) is 16.2. The highest BCUT2D eigenvalue weighted by molar-refractivity contribution is 9.10. The number of anilines is 1. The molecule has 0 aliphatic rings. The number of aromatic nitrogens is 2. The molecule has 0 spiro atoms. The molecule has 134 valence electrons. The van der Waals surface area contributed by atoms with Crippen molar-refractivity contribution in [3.8, 4) is 17.1 Å². The number of halogens is 2. The number of aryl methyl sites for hydroxylation is 1. The molecule has 0 saturated heterocycles. The van der Waals surface area contributed by atoms with E-state index in [0.717, 1.165) is 10.0 Å². The number of nitrogens with one attached hydrogen (secondary N) is 1. The van der Waals surface area contributed by atoms with Crippen molar-refractivity contribution in [1.82, 2.24) is 10.1 Å². The van der Waals surface area contributed by atoms with Gasteiger partial charge in [0.25, 0.3) is 0 Å². The van der Waals surface area contributed by atoms with Gasteiger partial charge in [0.15, 0.2) is 0 Å². The van der Waals surface area contributed by atoms with Crippen LogP contribution in [-0.4, -0.2) is 23.2 Å². The monoisotopic (exact) mass is 435 g/mol. The fraction of sp³-hybridized carbons (Fsp3) is 0.167. The van der Waals surface area contributed by atoms with Gasteiger partial charge in [-0.05, 0) is 42.5 Å². The average molecular weight is 437 g/mol. The number of hydrogen-bond donors (Lipinski definition) is 1. The van der Waals surface area contributed by atoms with E-state index in [0.29, 0.717) is 34.6 Å². The largest absolute Gasteiger partial charge is 0.495 e. The first-order valence-corrected chi connectivity index (χ1v) is 8.94. The lowest BCUT2D eigenvalue weighted by molar-refractivity contribution is -0.116. The molecule has 0 radical (unpaired) electrons. The minimum atomic E-state index is -0.172. The molecule has 8 heteroatoms. The van der Waals surface area contributed by atoms with Gasteiger partial charge in [0, 0.05) is 28.6 Å². The molecule has 1 N–H and O–H groups in total. The number of carbonyl (C=O) groups is 1. The van der Waals surface area contributed by atoms with Crippen molar-refractivity contribution < 1.29 is 14.1 Å². The van der Waals surface area contributed by atoms with Crippen molar-refractivity contribution in [3.05, 3.63) is 57.9 Å². The summed E-state index contributed by atoms with van der Waals surface area (Å²) in [6, 6.07) is 12.6. The normalized spacial score (nSPS) is 10.6. The van der Waals surface area contributed by atoms with Crippen LogP contribution in [0.25, 0.3) is 11.4 Å². The maximum atomic E-state index is 12.1. The van der Waals surface area contributed by atoms with Crippen LogP contribution in [0.2, 0.25) is 5.02 Å². The quantitative estimate of drug-likeness (QED) is 0.604. The summed E-state index contributed by atoms with van der Waals surface area (Å²) in [4.78, 5) is 16.4. The minimum absolute atomic E-state index is 0.172. The smallest absolute Gasteiger partial charge is 0.227 e. The lowest BCUT2D eigenvalue weighted by Crippen LogP contribution is -2.12. The van der Waals surface area contributed by atoms with E-state index in [4.69, 9.17) is 20.9 Å². The standard InChI is InChI=1S/C18H15BrClN3O3/c1-25-15-7-6-13(10-14(15)20)21-16(24)8-9-17-22-18(23-26-17)11-2-4-12(19)5-3-11/h2-7,10H,8-9H2,1H3,(H,21,24). The number of amides is 1. The first-order chi connectivity index (χ1) is 12.5. The van der Waals surface area contributed by atoms with Gasteiger partial charge in [0.2, 0.25) is 17.6 Å². The Kier molecular flexibility index (Phi) is 5.90. The van der Waals surface area contributed by atoms with E-state index in [1.807, 2.05) is 24.3 Å². The topological polar surface area (TPSA) is 77.2 Å². The van der Waals surface area contributed by atoms with Crippen LogP contribution in [0.1, 0.15) is 12.3 Å². The zero-order valence-electron chi connectivity index (χ0n) is 13.8. The Morgan fingerprint density at radius 1 is 1.27 bits per heavy atom. The predicted molar refractivity (Wildman–Crippen MR) is 102 cm³/mol. The van der Waals surface area contributed by atoms with Crippen molar-refractivity contribution in [2.45, 2.75) is 12.8 Å². The van der Waals surface area contributed by atoms with Crippen molar-refractivity contribution in [2.24, 2.45) is 0 Å². The van der Waals surface area contributed by atoms with Gasteiger partial charge in [0.1, 0.15) is 5.75 Å². The number of nitrogens with zero attached hydrogens (tertiary/aromatic N) is 2. The number of ether oxygens (including phenoxy) is 1. The Labute approximate surface area is 163 Å². The Morgan fingerprint density at radius 2 is 2.04 bits per heavy atom. The molecule has 3 rings (SSSR count). The Bertz CT molecular complexity index is 912. The van der Waals surface area contributed by atoms with Crippen LogP contribution in [0.3, 0.4) is 0 Å². The molecule has 26 heavy (non-hydrogen) atoms. The average Bonchev–Trinajstić information content (AvgIpc) is 3.10. The second-order valence-electron chi connectivity index (χ2n) is 5.42. The molecular weight excluding hydrogens is 422 g/mol. The minimum Gasteiger partial charge on any atom is -0.495 e. The number of benzene rings is 2. The van der Waals surface area contributed by atoms with Crippen LogP contribution in [-0.2, 0) is 11.2 Å². The third-order valence-corrected chi connectivity index (χ3v) is 4.40. The third kappa shape index (κ3) is 4.62. The highest BCUT2D eigenvalue weighted by atomic mass is 79.9. The summed E-state index contributed by atoms with van der Waals surface area (Å²) < 4.78 is 11.3. The first-order valence-electron chi connectivity index (χ1n) is 7.77. The molecule has 0 unspecified atom stereocenters. The predicted octanol–water partition coefficient (Wildman–Crippen LogP) is 4.73. The van der Waals surface area contributed by atoms with Gasteiger partial charge < -0.3 is 14.6 Å². The van der Waals surface area contributed by atoms with Crippen molar-refractivity contribution in [1.29, 1.82) is 0 Å². The van der Waals surface area contributed by atoms with E-state index < -0.39 is 0 Å². The lowest BCUT2D eigenvalue weighted by Gasteiger charge is -2.07. The summed E-state index contributed by atoms with van der Waals surface area (Å²) in [6.07, 6.45) is 0.560. The molecule has 2 aromatic carbocycles. The molecule has 1 amide bonds. The second kappa shape index (κ2) is 8.33. The van der Waals surface area contributed by atoms with E-state index in [1.165, 1.54) is 7.11 Å². The fourth-order valence-electron chi connectivity index (χ4n) is 2.26.